The maximum Gasteiger partial charge on any atom is 0.0553 e. The van der Waals surface area contributed by atoms with E-state index in [4.69, 9.17) is 0 Å². The van der Waals surface area contributed by atoms with Crippen LogP contribution in [0.15, 0.2) is 24.5 Å². The lowest BCUT2D eigenvalue weighted by molar-refractivity contribution is 0.313. The van der Waals surface area contributed by atoms with Crippen molar-refractivity contribution < 1.29 is 0 Å². The third kappa shape index (κ3) is 3.51. The summed E-state index contributed by atoms with van der Waals surface area (Å²) >= 11 is 0. The number of pyridine rings is 1. The first-order valence-electron chi connectivity index (χ1n) is 5.70. The van der Waals surface area contributed by atoms with Crippen LogP contribution in [-0.4, -0.2) is 43.1 Å². The summed E-state index contributed by atoms with van der Waals surface area (Å²) in [7, 11) is 2.17. The highest BCUT2D eigenvalue weighted by molar-refractivity contribution is 5.43. The Hall–Kier alpha value is -1.09. The maximum atomic E-state index is 4.12. The van der Waals surface area contributed by atoms with Gasteiger partial charge in [-0.05, 0) is 19.2 Å². The van der Waals surface area contributed by atoms with Crippen LogP contribution in [0.4, 0.5) is 5.69 Å². The zero-order valence-electron chi connectivity index (χ0n) is 9.98. The van der Waals surface area contributed by atoms with Crippen molar-refractivity contribution in [2.24, 2.45) is 0 Å². The van der Waals surface area contributed by atoms with Crippen molar-refractivity contribution in [1.82, 2.24) is 9.88 Å². The molecule has 0 saturated carbocycles. The first-order valence-corrected chi connectivity index (χ1v) is 5.70. The fourth-order valence-electron chi connectivity index (χ4n) is 1.61. The van der Waals surface area contributed by atoms with Crippen LogP contribution < -0.4 is 4.90 Å². The van der Waals surface area contributed by atoms with Crippen molar-refractivity contribution in [3.05, 3.63) is 24.5 Å². The van der Waals surface area contributed by atoms with E-state index in [0.29, 0.717) is 0 Å². The second kappa shape index (κ2) is 6.40. The van der Waals surface area contributed by atoms with E-state index in [0.717, 1.165) is 26.2 Å². The molecule has 1 aromatic heterocycles. The van der Waals surface area contributed by atoms with Gasteiger partial charge in [0.2, 0.25) is 0 Å². The topological polar surface area (TPSA) is 19.4 Å². The minimum atomic E-state index is 1.11. The normalized spacial score (nSPS) is 16.9. The zero-order chi connectivity index (χ0) is 11.1. The van der Waals surface area contributed by atoms with Gasteiger partial charge in [-0.1, -0.05) is 13.8 Å². The predicted octanol–water partition coefficient (Wildman–Crippen LogP) is 1.86. The van der Waals surface area contributed by atoms with Crippen LogP contribution in [0.3, 0.4) is 0 Å². The summed E-state index contributed by atoms with van der Waals surface area (Å²) in [5.41, 5.74) is 1.25. The van der Waals surface area contributed by atoms with Gasteiger partial charge < -0.3 is 9.80 Å². The number of anilines is 1. The molecular formula is C12H21N3. The fraction of sp³-hybridized carbons (Fsp3) is 0.583. The standard InChI is InChI=1S/C10H15N3.C2H6/c1-12-5-7-13(8-6-12)10-3-2-4-11-9-10;1-2/h2-4,9H,5-8H2,1H3;1-2H3. The van der Waals surface area contributed by atoms with Crippen LogP contribution in [0.2, 0.25) is 0 Å². The van der Waals surface area contributed by atoms with Crippen LogP contribution in [0.1, 0.15) is 13.8 Å². The molecule has 3 heteroatoms. The zero-order valence-corrected chi connectivity index (χ0v) is 9.98. The van der Waals surface area contributed by atoms with Crippen LogP contribution in [0.25, 0.3) is 0 Å². The Labute approximate surface area is 92.7 Å². The molecule has 3 nitrogen and oxygen atoms in total. The lowest BCUT2D eigenvalue weighted by atomic mass is 10.3. The Kier molecular flexibility index (Phi) is 5.12. The molecule has 15 heavy (non-hydrogen) atoms. The molecule has 2 heterocycles. The van der Waals surface area contributed by atoms with E-state index in [9.17, 15) is 0 Å². The molecule has 0 aliphatic carbocycles. The molecule has 0 spiro atoms. The summed E-state index contributed by atoms with van der Waals surface area (Å²) in [4.78, 5) is 8.86. The van der Waals surface area contributed by atoms with E-state index in [1.54, 1.807) is 0 Å². The number of aromatic nitrogens is 1. The van der Waals surface area contributed by atoms with Gasteiger partial charge in [0.1, 0.15) is 0 Å². The molecule has 0 bridgehead atoms. The van der Waals surface area contributed by atoms with Gasteiger partial charge in [-0.25, -0.2) is 0 Å². The molecular weight excluding hydrogens is 186 g/mol. The third-order valence-corrected chi connectivity index (χ3v) is 2.51. The second-order valence-corrected chi connectivity index (χ2v) is 3.50. The smallest absolute Gasteiger partial charge is 0.0553 e. The Bertz CT molecular complexity index is 253. The molecule has 0 aromatic carbocycles. The number of nitrogens with zero attached hydrogens (tertiary/aromatic N) is 3. The van der Waals surface area contributed by atoms with Gasteiger partial charge in [-0.2, -0.15) is 0 Å². The van der Waals surface area contributed by atoms with E-state index in [1.165, 1.54) is 5.69 Å². The van der Waals surface area contributed by atoms with Crippen molar-refractivity contribution in [3.63, 3.8) is 0 Å². The Morgan fingerprint density at radius 1 is 1.13 bits per heavy atom. The van der Waals surface area contributed by atoms with E-state index in [1.807, 2.05) is 32.3 Å². The minimum absolute atomic E-state index is 1.11. The maximum absolute atomic E-state index is 4.12. The van der Waals surface area contributed by atoms with Gasteiger partial charge in [0.15, 0.2) is 0 Å². The van der Waals surface area contributed by atoms with Gasteiger partial charge in [0, 0.05) is 32.4 Å². The monoisotopic (exact) mass is 207 g/mol. The Morgan fingerprint density at radius 2 is 1.80 bits per heavy atom. The van der Waals surface area contributed by atoms with Gasteiger partial charge >= 0.3 is 0 Å². The molecule has 0 unspecified atom stereocenters. The van der Waals surface area contributed by atoms with Crippen molar-refractivity contribution in [2.75, 3.05) is 38.1 Å². The summed E-state index contributed by atoms with van der Waals surface area (Å²) < 4.78 is 0. The van der Waals surface area contributed by atoms with Gasteiger partial charge in [-0.3, -0.25) is 4.98 Å². The van der Waals surface area contributed by atoms with E-state index >= 15 is 0 Å². The number of rotatable bonds is 1. The molecule has 0 amide bonds. The van der Waals surface area contributed by atoms with Crippen LogP contribution in [0, 0.1) is 0 Å². The van der Waals surface area contributed by atoms with Crippen molar-refractivity contribution in [2.45, 2.75) is 13.8 Å². The van der Waals surface area contributed by atoms with Crippen LogP contribution in [-0.2, 0) is 0 Å². The largest absolute Gasteiger partial charge is 0.368 e. The molecule has 1 saturated heterocycles. The number of likely N-dealkylation sites (N-methyl/N-ethyl adjacent to an activating group) is 1. The number of hydrogen-bond acceptors (Lipinski definition) is 3. The Balaban J connectivity index is 0.000000531. The fourth-order valence-corrected chi connectivity index (χ4v) is 1.61. The lowest BCUT2D eigenvalue weighted by Gasteiger charge is -2.33. The lowest BCUT2D eigenvalue weighted by Crippen LogP contribution is -2.44. The van der Waals surface area contributed by atoms with Crippen LogP contribution >= 0.6 is 0 Å². The molecule has 0 radical (unpaired) electrons. The SMILES string of the molecule is CC.CN1CCN(c2cccnc2)CC1. The molecule has 1 fully saturated rings. The minimum Gasteiger partial charge on any atom is -0.368 e. The molecule has 0 atom stereocenters. The number of piperazine rings is 1. The summed E-state index contributed by atoms with van der Waals surface area (Å²) in [6, 6.07) is 4.12. The molecule has 0 N–H and O–H groups in total. The summed E-state index contributed by atoms with van der Waals surface area (Å²) in [6.07, 6.45) is 3.75. The van der Waals surface area contributed by atoms with Crippen molar-refractivity contribution >= 4 is 5.69 Å². The van der Waals surface area contributed by atoms with Crippen molar-refractivity contribution in [1.29, 1.82) is 0 Å². The average molecular weight is 207 g/mol. The van der Waals surface area contributed by atoms with Crippen molar-refractivity contribution in [3.8, 4) is 0 Å². The van der Waals surface area contributed by atoms with Gasteiger partial charge in [-0.15, -0.1) is 0 Å². The average Bonchev–Trinajstić information content (AvgIpc) is 2.34. The highest BCUT2D eigenvalue weighted by atomic mass is 15.2. The molecule has 1 aromatic rings. The molecule has 1 aliphatic rings. The second-order valence-electron chi connectivity index (χ2n) is 3.50. The summed E-state index contributed by atoms with van der Waals surface area (Å²) in [5, 5.41) is 0. The summed E-state index contributed by atoms with van der Waals surface area (Å²) in [6.45, 7) is 8.52. The third-order valence-electron chi connectivity index (χ3n) is 2.51. The first-order chi connectivity index (χ1) is 7.36. The summed E-state index contributed by atoms with van der Waals surface area (Å²) in [5.74, 6) is 0. The number of hydrogen-bond donors (Lipinski definition) is 0. The van der Waals surface area contributed by atoms with Gasteiger partial charge in [0.05, 0.1) is 11.9 Å². The predicted molar refractivity (Wildman–Crippen MR) is 65.3 cm³/mol. The molecule has 2 rings (SSSR count). The quantitative estimate of drug-likeness (QED) is 0.700. The Morgan fingerprint density at radius 3 is 2.33 bits per heavy atom. The van der Waals surface area contributed by atoms with E-state index in [-0.39, 0.29) is 0 Å². The van der Waals surface area contributed by atoms with Gasteiger partial charge in [0.25, 0.3) is 0 Å². The van der Waals surface area contributed by atoms with Crippen LogP contribution in [0.5, 0.6) is 0 Å². The molecule has 84 valence electrons. The van der Waals surface area contributed by atoms with E-state index in [2.05, 4.69) is 27.9 Å². The highest BCUT2D eigenvalue weighted by Crippen LogP contribution is 2.13. The van der Waals surface area contributed by atoms with E-state index < -0.39 is 0 Å². The first kappa shape index (κ1) is 12.0. The highest BCUT2D eigenvalue weighted by Gasteiger charge is 2.13. The molecule has 1 aliphatic heterocycles.